The summed E-state index contributed by atoms with van der Waals surface area (Å²) in [5.74, 6) is 2.72. The van der Waals surface area contributed by atoms with E-state index in [1.807, 2.05) is 30.8 Å². The summed E-state index contributed by atoms with van der Waals surface area (Å²) in [7, 11) is 1.65. The lowest BCUT2D eigenvalue weighted by Gasteiger charge is -2.09. The lowest BCUT2D eigenvalue weighted by atomic mass is 10.1. The zero-order valence-corrected chi connectivity index (χ0v) is 11.1. The molecule has 0 heterocycles. The molecule has 0 fully saturated rings. The van der Waals surface area contributed by atoms with Crippen molar-refractivity contribution >= 4 is 11.8 Å². The van der Waals surface area contributed by atoms with E-state index in [4.69, 9.17) is 15.7 Å². The predicted octanol–water partition coefficient (Wildman–Crippen LogP) is 2.54. The van der Waals surface area contributed by atoms with Crippen LogP contribution in [0.4, 0.5) is 0 Å². The Morgan fingerprint density at radius 1 is 1.53 bits per heavy atom. The van der Waals surface area contributed by atoms with E-state index in [2.05, 4.69) is 6.07 Å². The molecule has 0 aliphatic rings. The fraction of sp³-hybridized carbons (Fsp3) is 0.462. The van der Waals surface area contributed by atoms with Crippen LogP contribution >= 0.6 is 11.8 Å². The first-order valence-corrected chi connectivity index (χ1v) is 6.73. The van der Waals surface area contributed by atoms with Gasteiger partial charge in [0.15, 0.2) is 0 Å². The third-order valence-electron chi connectivity index (χ3n) is 2.38. The number of nitriles is 1. The maximum atomic E-state index is 8.86. The van der Waals surface area contributed by atoms with Crippen LogP contribution in [0.25, 0.3) is 0 Å². The fourth-order valence-corrected chi connectivity index (χ4v) is 2.54. The minimum Gasteiger partial charge on any atom is -0.496 e. The Kier molecular flexibility index (Phi) is 5.88. The van der Waals surface area contributed by atoms with Gasteiger partial charge in [-0.2, -0.15) is 17.0 Å². The summed E-state index contributed by atoms with van der Waals surface area (Å²) >= 11 is 1.81. The van der Waals surface area contributed by atoms with E-state index in [0.29, 0.717) is 5.56 Å². The fourth-order valence-electron chi connectivity index (χ4n) is 1.41. The zero-order valence-electron chi connectivity index (χ0n) is 10.3. The first kappa shape index (κ1) is 13.9. The van der Waals surface area contributed by atoms with Crippen molar-refractivity contribution in [2.45, 2.75) is 25.1 Å². The molecule has 4 heteroatoms. The molecule has 0 amide bonds. The van der Waals surface area contributed by atoms with E-state index >= 15 is 0 Å². The van der Waals surface area contributed by atoms with Crippen LogP contribution in [0.2, 0.25) is 0 Å². The molecule has 1 aromatic carbocycles. The molecule has 0 aromatic heterocycles. The van der Waals surface area contributed by atoms with Gasteiger partial charge in [-0.25, -0.2) is 0 Å². The molecule has 0 radical (unpaired) electrons. The second-order valence-corrected chi connectivity index (χ2v) is 5.06. The van der Waals surface area contributed by atoms with Crippen molar-refractivity contribution in [3.05, 3.63) is 29.3 Å². The summed E-state index contributed by atoms with van der Waals surface area (Å²) in [6, 6.07) is 7.89. The summed E-state index contributed by atoms with van der Waals surface area (Å²) < 4.78 is 5.28. The van der Waals surface area contributed by atoms with Gasteiger partial charge in [0.05, 0.1) is 18.7 Å². The van der Waals surface area contributed by atoms with Gasteiger partial charge in [0.1, 0.15) is 5.75 Å². The van der Waals surface area contributed by atoms with Gasteiger partial charge in [0, 0.05) is 17.4 Å². The van der Waals surface area contributed by atoms with Crippen LogP contribution in [-0.2, 0) is 5.75 Å². The van der Waals surface area contributed by atoms with Gasteiger partial charge in [-0.1, -0.05) is 0 Å². The Labute approximate surface area is 107 Å². The maximum absolute atomic E-state index is 8.86. The van der Waals surface area contributed by atoms with Gasteiger partial charge in [-0.15, -0.1) is 0 Å². The minimum absolute atomic E-state index is 0.245. The molecule has 1 atom stereocenters. The van der Waals surface area contributed by atoms with Crippen LogP contribution in [0.15, 0.2) is 18.2 Å². The molecular weight excluding hydrogens is 232 g/mol. The predicted molar refractivity (Wildman–Crippen MR) is 72.1 cm³/mol. The number of hydrogen-bond donors (Lipinski definition) is 1. The van der Waals surface area contributed by atoms with E-state index < -0.39 is 0 Å². The number of ether oxygens (including phenoxy) is 1. The number of nitrogens with two attached hydrogens (primary N) is 1. The van der Waals surface area contributed by atoms with Crippen LogP contribution < -0.4 is 10.5 Å². The Bertz CT molecular complexity index is 399. The highest BCUT2D eigenvalue weighted by atomic mass is 32.2. The van der Waals surface area contributed by atoms with E-state index in [0.717, 1.165) is 29.2 Å². The van der Waals surface area contributed by atoms with Gasteiger partial charge in [0.2, 0.25) is 0 Å². The lowest BCUT2D eigenvalue weighted by molar-refractivity contribution is 0.411. The Balaban J connectivity index is 2.59. The van der Waals surface area contributed by atoms with Crippen LogP contribution in [0.5, 0.6) is 5.75 Å². The quantitative estimate of drug-likeness (QED) is 0.788. The molecule has 2 N–H and O–H groups in total. The van der Waals surface area contributed by atoms with Gasteiger partial charge in [0.25, 0.3) is 0 Å². The van der Waals surface area contributed by atoms with E-state index in [1.165, 1.54) is 0 Å². The second kappa shape index (κ2) is 7.21. The molecular formula is C13H18N2OS. The molecule has 0 bridgehead atoms. The lowest BCUT2D eigenvalue weighted by Crippen LogP contribution is -2.15. The number of rotatable bonds is 6. The summed E-state index contributed by atoms with van der Waals surface area (Å²) in [4.78, 5) is 0. The third kappa shape index (κ3) is 4.68. The second-order valence-electron chi connectivity index (χ2n) is 3.96. The van der Waals surface area contributed by atoms with Crippen molar-refractivity contribution in [1.29, 1.82) is 5.26 Å². The molecule has 3 nitrogen and oxygen atoms in total. The van der Waals surface area contributed by atoms with E-state index in [1.54, 1.807) is 13.2 Å². The van der Waals surface area contributed by atoms with Gasteiger partial charge >= 0.3 is 0 Å². The molecule has 0 aliphatic heterocycles. The van der Waals surface area contributed by atoms with Crippen molar-refractivity contribution in [1.82, 2.24) is 0 Å². The number of nitrogens with zero attached hydrogens (tertiary/aromatic N) is 1. The van der Waals surface area contributed by atoms with Gasteiger partial charge in [-0.3, -0.25) is 0 Å². The molecule has 17 heavy (non-hydrogen) atoms. The monoisotopic (exact) mass is 250 g/mol. The van der Waals surface area contributed by atoms with Crippen molar-refractivity contribution in [2.24, 2.45) is 5.73 Å². The van der Waals surface area contributed by atoms with Gasteiger partial charge in [-0.05, 0) is 37.3 Å². The summed E-state index contributed by atoms with van der Waals surface area (Å²) in [5, 5.41) is 8.86. The molecule has 0 aliphatic carbocycles. The standard InChI is InChI=1S/C13H18N2OS/c1-10(15)5-6-17-9-12-7-11(8-14)3-4-13(12)16-2/h3-4,7,10H,5-6,9,15H2,1-2H3. The van der Waals surface area contributed by atoms with Gasteiger partial charge < -0.3 is 10.5 Å². The molecule has 92 valence electrons. The van der Waals surface area contributed by atoms with Crippen molar-refractivity contribution in [3.8, 4) is 11.8 Å². The Morgan fingerprint density at radius 3 is 2.88 bits per heavy atom. The summed E-state index contributed by atoms with van der Waals surface area (Å²) in [6.07, 6.45) is 1.00. The van der Waals surface area contributed by atoms with Crippen LogP contribution in [0, 0.1) is 11.3 Å². The average molecular weight is 250 g/mol. The number of thioether (sulfide) groups is 1. The third-order valence-corrected chi connectivity index (χ3v) is 3.42. The van der Waals surface area contributed by atoms with Crippen LogP contribution in [-0.4, -0.2) is 18.9 Å². The molecule has 1 rings (SSSR count). The average Bonchev–Trinajstić information content (AvgIpc) is 2.34. The van der Waals surface area contributed by atoms with Crippen molar-refractivity contribution in [3.63, 3.8) is 0 Å². The Hall–Kier alpha value is -1.18. The highest BCUT2D eigenvalue weighted by molar-refractivity contribution is 7.98. The molecule has 1 aromatic rings. The topological polar surface area (TPSA) is 59.0 Å². The molecule has 0 spiro atoms. The number of methoxy groups -OCH3 is 1. The normalized spacial score (nSPS) is 11.9. The smallest absolute Gasteiger partial charge is 0.122 e. The molecule has 0 saturated carbocycles. The van der Waals surface area contributed by atoms with Crippen molar-refractivity contribution in [2.75, 3.05) is 12.9 Å². The zero-order chi connectivity index (χ0) is 12.7. The number of benzene rings is 1. The van der Waals surface area contributed by atoms with Crippen LogP contribution in [0.3, 0.4) is 0 Å². The van der Waals surface area contributed by atoms with E-state index in [9.17, 15) is 0 Å². The molecule has 1 unspecified atom stereocenters. The molecule has 0 saturated heterocycles. The number of hydrogen-bond acceptors (Lipinski definition) is 4. The first-order valence-electron chi connectivity index (χ1n) is 5.57. The Morgan fingerprint density at radius 2 is 2.29 bits per heavy atom. The maximum Gasteiger partial charge on any atom is 0.122 e. The highest BCUT2D eigenvalue weighted by Crippen LogP contribution is 2.24. The highest BCUT2D eigenvalue weighted by Gasteiger charge is 2.05. The minimum atomic E-state index is 0.245. The SMILES string of the molecule is COc1ccc(C#N)cc1CSCCC(C)N. The first-order chi connectivity index (χ1) is 8.17. The van der Waals surface area contributed by atoms with E-state index in [-0.39, 0.29) is 6.04 Å². The summed E-state index contributed by atoms with van der Waals surface area (Å²) in [6.45, 7) is 2.01. The largest absolute Gasteiger partial charge is 0.496 e. The van der Waals surface area contributed by atoms with Crippen LogP contribution in [0.1, 0.15) is 24.5 Å². The van der Waals surface area contributed by atoms with Crippen molar-refractivity contribution < 1.29 is 4.74 Å². The summed E-state index contributed by atoms with van der Waals surface area (Å²) in [5.41, 5.74) is 7.44.